The normalized spacial score (nSPS) is 17.3. The Bertz CT molecular complexity index is 875. The van der Waals surface area contributed by atoms with Crippen molar-refractivity contribution in [3.05, 3.63) is 59.4 Å². The zero-order chi connectivity index (χ0) is 19.8. The highest BCUT2D eigenvalue weighted by atomic mass is 32.2. The number of carbonyl (C=O) groups excluding carboxylic acids is 2. The van der Waals surface area contributed by atoms with Crippen LogP contribution < -0.4 is 10.2 Å². The van der Waals surface area contributed by atoms with E-state index in [2.05, 4.69) is 5.32 Å². The number of amides is 2. The molecule has 27 heavy (non-hydrogen) atoms. The van der Waals surface area contributed by atoms with Gasteiger partial charge < -0.3 is 5.32 Å². The minimum absolute atomic E-state index is 0.0656. The zero-order valence-electron chi connectivity index (χ0n) is 15.9. The number of aryl methyl sites for hydroxylation is 1. The summed E-state index contributed by atoms with van der Waals surface area (Å²) in [7, 11) is 0. The summed E-state index contributed by atoms with van der Waals surface area (Å²) in [6.45, 7) is 7.43. The van der Waals surface area contributed by atoms with E-state index >= 15 is 0 Å². The molecule has 1 heterocycles. The Labute approximate surface area is 163 Å². The van der Waals surface area contributed by atoms with Gasteiger partial charge in [0.2, 0.25) is 11.8 Å². The fourth-order valence-electron chi connectivity index (χ4n) is 2.79. The van der Waals surface area contributed by atoms with Gasteiger partial charge in [0, 0.05) is 11.1 Å². The fourth-order valence-corrected chi connectivity index (χ4v) is 3.96. The number of nitrogens with one attached hydrogen (secondary N) is 1. The van der Waals surface area contributed by atoms with E-state index in [1.807, 2.05) is 52.0 Å². The molecule has 142 valence electrons. The van der Waals surface area contributed by atoms with Crippen LogP contribution in [0, 0.1) is 18.2 Å². The Morgan fingerprint density at radius 3 is 2.48 bits per heavy atom. The molecule has 3 rings (SSSR count). The van der Waals surface area contributed by atoms with Gasteiger partial charge >= 0.3 is 0 Å². The molecule has 1 saturated heterocycles. The molecule has 2 aromatic carbocycles. The molecule has 1 aliphatic heterocycles. The second-order valence-electron chi connectivity index (χ2n) is 7.71. The Morgan fingerprint density at radius 1 is 1.19 bits per heavy atom. The molecule has 0 bridgehead atoms. The molecular weight excluding hydrogens is 363 g/mol. The first-order valence-electron chi connectivity index (χ1n) is 8.78. The van der Waals surface area contributed by atoms with Gasteiger partial charge in [0.15, 0.2) is 0 Å². The summed E-state index contributed by atoms with van der Waals surface area (Å²) in [6.07, 6.45) is 0. The van der Waals surface area contributed by atoms with E-state index < -0.39 is 11.2 Å². The van der Waals surface area contributed by atoms with Gasteiger partial charge in [0.1, 0.15) is 11.2 Å². The number of benzene rings is 2. The number of rotatable bonds is 3. The molecule has 2 amide bonds. The Hall–Kier alpha value is -2.34. The van der Waals surface area contributed by atoms with Crippen LogP contribution >= 0.6 is 11.8 Å². The third-order valence-electron chi connectivity index (χ3n) is 4.36. The maximum Gasteiger partial charge on any atom is 0.238 e. The topological polar surface area (TPSA) is 49.4 Å². The van der Waals surface area contributed by atoms with Gasteiger partial charge in [-0.2, -0.15) is 0 Å². The van der Waals surface area contributed by atoms with E-state index in [0.29, 0.717) is 17.1 Å². The summed E-state index contributed by atoms with van der Waals surface area (Å²) in [5.74, 6) is -0.278. The Kier molecular flexibility index (Phi) is 5.29. The molecule has 1 unspecified atom stereocenters. The number of nitrogens with zero attached hydrogens (tertiary/aromatic N) is 1. The summed E-state index contributed by atoms with van der Waals surface area (Å²) in [6, 6.07) is 12.1. The van der Waals surface area contributed by atoms with E-state index in [9.17, 15) is 14.0 Å². The first kappa shape index (κ1) is 19.4. The van der Waals surface area contributed by atoms with Crippen molar-refractivity contribution in [2.75, 3.05) is 16.0 Å². The molecule has 2 aromatic rings. The van der Waals surface area contributed by atoms with Crippen LogP contribution in [0.15, 0.2) is 42.5 Å². The van der Waals surface area contributed by atoms with Gasteiger partial charge in [-0.15, -0.1) is 11.8 Å². The minimum Gasteiger partial charge on any atom is -0.326 e. The average molecular weight is 386 g/mol. The van der Waals surface area contributed by atoms with Crippen molar-refractivity contribution < 1.29 is 14.0 Å². The fraction of sp³-hybridized carbons (Fsp3) is 0.333. The van der Waals surface area contributed by atoms with Gasteiger partial charge in [0.05, 0.1) is 11.4 Å². The lowest BCUT2D eigenvalue weighted by Gasteiger charge is -2.25. The summed E-state index contributed by atoms with van der Waals surface area (Å²) < 4.78 is 14.4. The van der Waals surface area contributed by atoms with Crippen LogP contribution in [0.3, 0.4) is 0 Å². The number of halogens is 1. The third kappa shape index (κ3) is 4.16. The standard InChI is InChI=1S/C21H23FN2O2S/c1-13-5-10-16(22)17(11-13)24-18(25)12-27-19(24)14-6-8-15(9-7-14)23-20(26)21(2,3)4/h5-11,19H,12H2,1-4H3,(H,23,26). The van der Waals surface area contributed by atoms with Crippen molar-refractivity contribution in [2.45, 2.75) is 33.1 Å². The third-order valence-corrected chi connectivity index (χ3v) is 5.58. The monoisotopic (exact) mass is 386 g/mol. The molecule has 6 heteroatoms. The second-order valence-corrected chi connectivity index (χ2v) is 8.78. The number of hydrogen-bond donors (Lipinski definition) is 1. The lowest BCUT2D eigenvalue weighted by molar-refractivity contribution is -0.123. The molecule has 1 N–H and O–H groups in total. The van der Waals surface area contributed by atoms with Gasteiger partial charge in [-0.3, -0.25) is 14.5 Å². The van der Waals surface area contributed by atoms with Crippen LogP contribution in [-0.2, 0) is 9.59 Å². The number of carbonyl (C=O) groups is 2. The average Bonchev–Trinajstić information content (AvgIpc) is 2.98. The molecule has 1 fully saturated rings. The van der Waals surface area contributed by atoms with Gasteiger partial charge in [-0.25, -0.2) is 4.39 Å². The smallest absolute Gasteiger partial charge is 0.238 e. The van der Waals surface area contributed by atoms with Crippen LogP contribution in [0.25, 0.3) is 0 Å². The van der Waals surface area contributed by atoms with Crippen LogP contribution in [0.2, 0.25) is 0 Å². The SMILES string of the molecule is Cc1ccc(F)c(N2C(=O)CSC2c2ccc(NC(=O)C(C)(C)C)cc2)c1. The summed E-state index contributed by atoms with van der Waals surface area (Å²) in [5, 5.41) is 2.59. The highest BCUT2D eigenvalue weighted by molar-refractivity contribution is 8.00. The number of hydrogen-bond acceptors (Lipinski definition) is 3. The van der Waals surface area contributed by atoms with Crippen molar-refractivity contribution in [2.24, 2.45) is 5.41 Å². The number of anilines is 2. The zero-order valence-corrected chi connectivity index (χ0v) is 16.7. The van der Waals surface area contributed by atoms with Crippen LogP contribution in [-0.4, -0.2) is 17.6 Å². The molecule has 0 saturated carbocycles. The summed E-state index contributed by atoms with van der Waals surface area (Å²) in [4.78, 5) is 26.1. The maximum atomic E-state index is 14.4. The second kappa shape index (κ2) is 7.35. The maximum absolute atomic E-state index is 14.4. The van der Waals surface area contributed by atoms with Crippen LogP contribution in [0.1, 0.15) is 37.3 Å². The van der Waals surface area contributed by atoms with E-state index in [4.69, 9.17) is 0 Å². The molecule has 4 nitrogen and oxygen atoms in total. The van der Waals surface area contributed by atoms with Crippen molar-refractivity contribution in [1.82, 2.24) is 0 Å². The van der Waals surface area contributed by atoms with Crippen LogP contribution in [0.5, 0.6) is 0 Å². The molecular formula is C21H23FN2O2S. The van der Waals surface area contributed by atoms with Crippen molar-refractivity contribution in [3.8, 4) is 0 Å². The first-order chi connectivity index (χ1) is 12.7. The van der Waals surface area contributed by atoms with Crippen molar-refractivity contribution in [3.63, 3.8) is 0 Å². The van der Waals surface area contributed by atoms with E-state index in [0.717, 1.165) is 11.1 Å². The minimum atomic E-state index is -0.480. The summed E-state index contributed by atoms with van der Waals surface area (Å²) >= 11 is 1.47. The highest BCUT2D eigenvalue weighted by Crippen LogP contribution is 2.43. The van der Waals surface area contributed by atoms with E-state index in [-0.39, 0.29) is 17.2 Å². The van der Waals surface area contributed by atoms with Gasteiger partial charge in [-0.05, 0) is 42.3 Å². The van der Waals surface area contributed by atoms with Gasteiger partial charge in [0.25, 0.3) is 0 Å². The van der Waals surface area contributed by atoms with E-state index in [1.165, 1.54) is 22.7 Å². The predicted molar refractivity (Wildman–Crippen MR) is 108 cm³/mol. The molecule has 0 aliphatic carbocycles. The van der Waals surface area contributed by atoms with Crippen molar-refractivity contribution in [1.29, 1.82) is 0 Å². The molecule has 1 atom stereocenters. The largest absolute Gasteiger partial charge is 0.326 e. The highest BCUT2D eigenvalue weighted by Gasteiger charge is 2.35. The Balaban J connectivity index is 1.86. The van der Waals surface area contributed by atoms with Crippen molar-refractivity contribution >= 4 is 35.0 Å². The number of thioether (sulfide) groups is 1. The lowest BCUT2D eigenvalue weighted by Crippen LogP contribution is -2.29. The molecule has 0 radical (unpaired) electrons. The predicted octanol–water partition coefficient (Wildman–Crippen LogP) is 4.90. The lowest BCUT2D eigenvalue weighted by atomic mass is 9.95. The molecule has 0 aromatic heterocycles. The van der Waals surface area contributed by atoms with Gasteiger partial charge in [-0.1, -0.05) is 39.0 Å². The first-order valence-corrected chi connectivity index (χ1v) is 9.83. The molecule has 0 spiro atoms. The quantitative estimate of drug-likeness (QED) is 0.816. The molecule has 1 aliphatic rings. The summed E-state index contributed by atoms with van der Waals surface area (Å²) in [5.41, 5.74) is 2.31. The van der Waals surface area contributed by atoms with E-state index in [1.54, 1.807) is 12.1 Å². The van der Waals surface area contributed by atoms with Crippen LogP contribution in [0.4, 0.5) is 15.8 Å². The Morgan fingerprint density at radius 2 is 1.85 bits per heavy atom.